The van der Waals surface area contributed by atoms with Gasteiger partial charge < -0.3 is 9.47 Å². The molecule has 0 amide bonds. The second-order valence-corrected chi connectivity index (χ2v) is 8.18. The second kappa shape index (κ2) is 7.55. The van der Waals surface area contributed by atoms with Gasteiger partial charge in [0.1, 0.15) is 0 Å². The molecule has 3 aromatic rings. The number of ketones is 1. The highest BCUT2D eigenvalue weighted by molar-refractivity contribution is 7.99. The van der Waals surface area contributed by atoms with Crippen molar-refractivity contribution in [2.75, 3.05) is 19.0 Å². The van der Waals surface area contributed by atoms with E-state index in [4.69, 9.17) is 9.47 Å². The van der Waals surface area contributed by atoms with Crippen LogP contribution in [0.4, 0.5) is 0 Å². The maximum atomic E-state index is 12.9. The van der Waals surface area contributed by atoms with Gasteiger partial charge in [-0.25, -0.2) is 4.98 Å². The molecule has 0 bridgehead atoms. The van der Waals surface area contributed by atoms with Crippen molar-refractivity contribution in [1.82, 2.24) is 9.55 Å². The number of aromatic nitrogens is 2. The lowest BCUT2D eigenvalue weighted by atomic mass is 10.1. The van der Waals surface area contributed by atoms with Crippen molar-refractivity contribution in [2.24, 2.45) is 0 Å². The van der Waals surface area contributed by atoms with Crippen LogP contribution in [0.15, 0.2) is 52.4 Å². The Morgan fingerprint density at radius 1 is 1.10 bits per heavy atom. The maximum absolute atomic E-state index is 12.9. The minimum Gasteiger partial charge on any atom is -0.490 e. The molecule has 6 nitrogen and oxygen atoms in total. The van der Waals surface area contributed by atoms with Crippen molar-refractivity contribution in [3.05, 3.63) is 58.4 Å². The quantitative estimate of drug-likeness (QED) is 0.363. The number of carbonyl (C=O) groups excluding carboxylic acids is 1. The molecule has 2 heterocycles. The Morgan fingerprint density at radius 2 is 1.90 bits per heavy atom. The van der Waals surface area contributed by atoms with Crippen LogP contribution in [0.1, 0.15) is 35.7 Å². The highest BCUT2D eigenvalue weighted by Gasteiger charge is 2.29. The van der Waals surface area contributed by atoms with Gasteiger partial charge >= 0.3 is 0 Å². The number of ether oxygens (including phenoxy) is 2. The number of benzene rings is 2. The first-order chi connectivity index (χ1) is 14.2. The summed E-state index contributed by atoms with van der Waals surface area (Å²) < 4.78 is 13.1. The van der Waals surface area contributed by atoms with Crippen molar-refractivity contribution >= 4 is 28.4 Å². The molecule has 1 aromatic heterocycles. The van der Waals surface area contributed by atoms with E-state index >= 15 is 0 Å². The molecule has 5 rings (SSSR count). The summed E-state index contributed by atoms with van der Waals surface area (Å²) in [6.07, 6.45) is 2.77. The van der Waals surface area contributed by atoms with Crippen LogP contribution in [0.5, 0.6) is 11.5 Å². The predicted molar refractivity (Wildman–Crippen MR) is 111 cm³/mol. The summed E-state index contributed by atoms with van der Waals surface area (Å²) in [6, 6.07) is 12.8. The van der Waals surface area contributed by atoms with E-state index in [1.165, 1.54) is 11.8 Å². The Balaban J connectivity index is 1.41. The van der Waals surface area contributed by atoms with E-state index in [9.17, 15) is 9.59 Å². The van der Waals surface area contributed by atoms with Gasteiger partial charge in [0.25, 0.3) is 5.56 Å². The molecule has 0 spiro atoms. The number of para-hydroxylation sites is 1. The molecule has 7 heteroatoms. The van der Waals surface area contributed by atoms with Crippen LogP contribution in [-0.2, 0) is 0 Å². The standard InChI is InChI=1S/C22H20N2O4S/c25-18(14-6-9-19-20(12-14)28-11-3-10-27-19)13-29-22-23-17-5-2-1-4-16(17)21(26)24(22)15-7-8-15/h1-2,4-6,9,12,15H,3,7-8,10-11,13H2. The maximum Gasteiger partial charge on any atom is 0.262 e. The minimum atomic E-state index is -0.0320. The van der Waals surface area contributed by atoms with Gasteiger partial charge in [0.2, 0.25) is 0 Å². The van der Waals surface area contributed by atoms with E-state index in [1.54, 1.807) is 28.8 Å². The zero-order valence-electron chi connectivity index (χ0n) is 15.8. The molecule has 148 valence electrons. The summed E-state index contributed by atoms with van der Waals surface area (Å²) in [5.41, 5.74) is 1.21. The lowest BCUT2D eigenvalue weighted by Gasteiger charge is -2.12. The van der Waals surface area contributed by atoms with E-state index in [0.717, 1.165) is 19.3 Å². The van der Waals surface area contributed by atoms with Crippen molar-refractivity contribution in [2.45, 2.75) is 30.5 Å². The van der Waals surface area contributed by atoms with Gasteiger partial charge in [0.15, 0.2) is 22.4 Å². The van der Waals surface area contributed by atoms with Crippen LogP contribution in [0.2, 0.25) is 0 Å². The largest absolute Gasteiger partial charge is 0.490 e. The molecule has 29 heavy (non-hydrogen) atoms. The van der Waals surface area contributed by atoms with Gasteiger partial charge in [0.05, 0.1) is 29.9 Å². The van der Waals surface area contributed by atoms with Crippen molar-refractivity contribution in [3.8, 4) is 11.5 Å². The fourth-order valence-electron chi connectivity index (χ4n) is 3.43. The second-order valence-electron chi connectivity index (χ2n) is 7.24. The van der Waals surface area contributed by atoms with Crippen LogP contribution in [0.3, 0.4) is 0 Å². The highest BCUT2D eigenvalue weighted by atomic mass is 32.2. The Bertz CT molecular complexity index is 1150. The van der Waals surface area contributed by atoms with Crippen molar-refractivity contribution in [1.29, 1.82) is 0 Å². The zero-order valence-corrected chi connectivity index (χ0v) is 16.6. The first-order valence-corrected chi connectivity index (χ1v) is 10.8. The summed E-state index contributed by atoms with van der Waals surface area (Å²) in [4.78, 5) is 30.4. The van der Waals surface area contributed by atoms with Gasteiger partial charge in [-0.15, -0.1) is 0 Å². The first-order valence-electron chi connectivity index (χ1n) is 9.77. The molecular weight excluding hydrogens is 388 g/mol. The molecule has 2 aliphatic rings. The van der Waals surface area contributed by atoms with E-state index in [0.29, 0.717) is 46.3 Å². The van der Waals surface area contributed by atoms with E-state index in [1.807, 2.05) is 18.2 Å². The third kappa shape index (κ3) is 3.62. The number of thioether (sulfide) groups is 1. The highest BCUT2D eigenvalue weighted by Crippen LogP contribution is 2.37. The summed E-state index contributed by atoms with van der Waals surface area (Å²) in [5, 5.41) is 1.23. The molecule has 0 unspecified atom stereocenters. The smallest absolute Gasteiger partial charge is 0.262 e. The molecule has 1 aliphatic carbocycles. The lowest BCUT2D eigenvalue weighted by molar-refractivity contribution is 0.102. The molecule has 0 atom stereocenters. The van der Waals surface area contributed by atoms with Crippen LogP contribution >= 0.6 is 11.8 Å². The molecule has 0 radical (unpaired) electrons. The average Bonchev–Trinajstić information content (AvgIpc) is 3.58. The fraction of sp³-hybridized carbons (Fsp3) is 0.318. The lowest BCUT2D eigenvalue weighted by Crippen LogP contribution is -2.22. The molecule has 1 saturated carbocycles. The Hall–Kier alpha value is -2.80. The SMILES string of the molecule is O=C(CSc1nc2ccccc2c(=O)n1C1CC1)c1ccc2c(c1)OCCCO2. The molecule has 0 N–H and O–H groups in total. The Kier molecular flexibility index (Phi) is 4.75. The molecule has 0 saturated heterocycles. The van der Waals surface area contributed by atoms with Crippen molar-refractivity contribution in [3.63, 3.8) is 0 Å². The number of hydrogen-bond acceptors (Lipinski definition) is 6. The topological polar surface area (TPSA) is 70.4 Å². The number of carbonyl (C=O) groups is 1. The van der Waals surface area contributed by atoms with Crippen LogP contribution in [0.25, 0.3) is 10.9 Å². The van der Waals surface area contributed by atoms with Crippen LogP contribution < -0.4 is 15.0 Å². The third-order valence-corrected chi connectivity index (χ3v) is 6.04. The first kappa shape index (κ1) is 18.2. The van der Waals surface area contributed by atoms with Crippen molar-refractivity contribution < 1.29 is 14.3 Å². The number of nitrogens with zero attached hydrogens (tertiary/aromatic N) is 2. The number of hydrogen-bond donors (Lipinski definition) is 0. The van der Waals surface area contributed by atoms with Crippen LogP contribution in [-0.4, -0.2) is 34.3 Å². The molecule has 1 aliphatic heterocycles. The Morgan fingerprint density at radius 3 is 2.72 bits per heavy atom. The normalized spacial score (nSPS) is 15.9. The minimum absolute atomic E-state index is 0.0244. The summed E-state index contributed by atoms with van der Waals surface area (Å²) in [5.74, 6) is 1.45. The number of fused-ring (bicyclic) bond motifs is 2. The van der Waals surface area contributed by atoms with E-state index < -0.39 is 0 Å². The van der Waals surface area contributed by atoms with Crippen LogP contribution in [0, 0.1) is 0 Å². The summed E-state index contributed by atoms with van der Waals surface area (Å²) in [7, 11) is 0. The average molecular weight is 408 g/mol. The van der Waals surface area contributed by atoms with Gasteiger partial charge in [-0.1, -0.05) is 23.9 Å². The molecular formula is C22H20N2O4S. The van der Waals surface area contributed by atoms with Gasteiger partial charge in [-0.2, -0.15) is 0 Å². The van der Waals surface area contributed by atoms with E-state index in [2.05, 4.69) is 4.98 Å². The van der Waals surface area contributed by atoms with Gasteiger partial charge in [-0.3, -0.25) is 14.2 Å². The van der Waals surface area contributed by atoms with Gasteiger partial charge in [-0.05, 0) is 43.2 Å². The monoisotopic (exact) mass is 408 g/mol. The molecule has 2 aromatic carbocycles. The third-order valence-electron chi connectivity index (χ3n) is 5.09. The van der Waals surface area contributed by atoms with E-state index in [-0.39, 0.29) is 23.1 Å². The summed E-state index contributed by atoms with van der Waals surface area (Å²) in [6.45, 7) is 1.19. The van der Waals surface area contributed by atoms with Gasteiger partial charge in [0, 0.05) is 18.0 Å². The number of Topliss-reactive ketones (excluding diaryl/α,β-unsaturated/α-hetero) is 1. The summed E-state index contributed by atoms with van der Waals surface area (Å²) >= 11 is 1.32. The zero-order chi connectivity index (χ0) is 19.8. The predicted octanol–water partition coefficient (Wildman–Crippen LogP) is 3.87. The number of rotatable bonds is 5. The Labute approximate surface area is 171 Å². The molecule has 1 fully saturated rings. The fourth-order valence-corrected chi connectivity index (χ4v) is 4.39.